The molecule has 0 saturated heterocycles. The van der Waals surface area contributed by atoms with Gasteiger partial charge < -0.3 is 9.47 Å². The number of Topliss-reactive ketones (excluding diaryl/α,β-unsaturated/α-hetero) is 2. The summed E-state index contributed by atoms with van der Waals surface area (Å²) in [6, 6.07) is 0. The van der Waals surface area contributed by atoms with Crippen LogP contribution in [0.5, 0.6) is 0 Å². The maximum atomic E-state index is 14.6. The fourth-order valence-electron chi connectivity index (χ4n) is 2.13. The second-order valence-electron chi connectivity index (χ2n) is 7.01. The summed E-state index contributed by atoms with van der Waals surface area (Å²) in [6.07, 6.45) is -16.2. The molecule has 2 unspecified atom stereocenters. The quantitative estimate of drug-likeness (QED) is 0.247. The molecule has 0 aliphatic carbocycles. The summed E-state index contributed by atoms with van der Waals surface area (Å²) in [5.41, 5.74) is -8.22. The molecule has 0 aromatic heterocycles. The third-order valence-corrected chi connectivity index (χ3v) is 3.81. The van der Waals surface area contributed by atoms with E-state index in [9.17, 15) is 45.5 Å². The molecule has 0 fully saturated rings. The third-order valence-electron chi connectivity index (χ3n) is 3.81. The molecule has 7 nitrogen and oxygen atoms in total. The Labute approximate surface area is 174 Å². The van der Waals surface area contributed by atoms with E-state index in [2.05, 4.69) is 14.2 Å². The third kappa shape index (κ3) is 6.40. The number of carbonyl (C=O) groups excluding carboxylic acids is 4. The van der Waals surface area contributed by atoms with E-state index in [-0.39, 0.29) is 0 Å². The van der Waals surface area contributed by atoms with E-state index in [1.165, 1.54) is 27.7 Å². The fraction of sp³-hybridized carbons (Fsp3) is 0.778. The van der Waals surface area contributed by atoms with Crippen molar-refractivity contribution in [2.45, 2.75) is 90.1 Å². The second kappa shape index (κ2) is 9.96. The number of hydrogen-bond acceptors (Lipinski definition) is 7. The van der Waals surface area contributed by atoms with Gasteiger partial charge in [0.2, 0.25) is 0 Å². The molecule has 0 rings (SSSR count). The van der Waals surface area contributed by atoms with Crippen molar-refractivity contribution in [3.63, 3.8) is 0 Å². The molecule has 2 atom stereocenters. The molecule has 0 aliphatic heterocycles. The van der Waals surface area contributed by atoms with E-state index in [0.29, 0.717) is 0 Å². The van der Waals surface area contributed by atoms with Crippen LogP contribution in [0.2, 0.25) is 0 Å². The maximum Gasteiger partial charge on any atom is 0.424 e. The first-order chi connectivity index (χ1) is 13.8. The highest BCUT2D eigenvalue weighted by Gasteiger charge is 2.67. The molecule has 31 heavy (non-hydrogen) atoms. The van der Waals surface area contributed by atoms with Gasteiger partial charge in [0.25, 0.3) is 22.9 Å². The second-order valence-corrected chi connectivity index (χ2v) is 7.01. The van der Waals surface area contributed by atoms with E-state index >= 15 is 0 Å². The minimum Gasteiger partial charge on any atom is -0.460 e. The summed E-state index contributed by atoms with van der Waals surface area (Å²) in [7, 11) is 0. The Balaban J connectivity index is 5.95. The van der Waals surface area contributed by atoms with Crippen LogP contribution >= 0.6 is 0 Å². The minimum atomic E-state index is -5.78. The lowest BCUT2D eigenvalue weighted by molar-refractivity contribution is -0.345. The lowest BCUT2D eigenvalue weighted by Gasteiger charge is -2.30. The van der Waals surface area contributed by atoms with Gasteiger partial charge in [0.05, 0.1) is 12.2 Å². The first kappa shape index (κ1) is 28.8. The molecule has 0 radical (unpaired) electrons. The Bertz CT molecular complexity index is 652. The predicted molar refractivity (Wildman–Crippen MR) is 91.7 cm³/mol. The zero-order valence-corrected chi connectivity index (χ0v) is 17.7. The molecule has 180 valence electrons. The van der Waals surface area contributed by atoms with Gasteiger partial charge in [0.15, 0.2) is 0 Å². The molecular weight excluding hydrogens is 442 g/mol. The normalized spacial score (nSPS) is 16.5. The lowest BCUT2D eigenvalue weighted by Crippen LogP contribution is -2.58. The maximum absolute atomic E-state index is 14.6. The van der Waals surface area contributed by atoms with Crippen molar-refractivity contribution < 1.29 is 59.7 Å². The number of alkyl halides is 6. The van der Waals surface area contributed by atoms with Crippen LogP contribution in [0.25, 0.3) is 0 Å². The van der Waals surface area contributed by atoms with Crippen molar-refractivity contribution in [1.29, 1.82) is 0 Å². The van der Waals surface area contributed by atoms with Crippen LogP contribution in [0.4, 0.5) is 26.3 Å². The zero-order chi connectivity index (χ0) is 25.0. The van der Waals surface area contributed by atoms with Gasteiger partial charge in [-0.2, -0.15) is 17.6 Å². The Hall–Kier alpha value is -2.18. The molecule has 13 heteroatoms. The van der Waals surface area contributed by atoms with E-state index < -0.39 is 72.1 Å². The fourth-order valence-corrected chi connectivity index (χ4v) is 2.13. The van der Waals surface area contributed by atoms with Crippen molar-refractivity contribution in [2.75, 3.05) is 0 Å². The molecule has 0 N–H and O–H groups in total. The Morgan fingerprint density at radius 3 is 1.10 bits per heavy atom. The number of hydrogen-bond donors (Lipinski definition) is 0. The van der Waals surface area contributed by atoms with Crippen LogP contribution in [0.1, 0.15) is 54.4 Å². The van der Waals surface area contributed by atoms with Gasteiger partial charge in [-0.25, -0.2) is 23.1 Å². The number of esters is 2. The van der Waals surface area contributed by atoms with Crippen molar-refractivity contribution in [3.8, 4) is 0 Å². The molecular formula is C18H24F6O7. The van der Waals surface area contributed by atoms with Crippen LogP contribution < -0.4 is 0 Å². The molecule has 0 heterocycles. The van der Waals surface area contributed by atoms with Crippen LogP contribution in [0.3, 0.4) is 0 Å². The molecule has 0 aromatic carbocycles. The summed E-state index contributed by atoms with van der Waals surface area (Å²) < 4.78 is 97.1. The molecule has 0 aromatic rings. The summed E-state index contributed by atoms with van der Waals surface area (Å²) in [5, 5.41) is 0. The Kier molecular flexibility index (Phi) is 9.26. The Morgan fingerprint density at radius 2 is 0.903 bits per heavy atom. The van der Waals surface area contributed by atoms with Crippen LogP contribution in [-0.4, -0.2) is 59.3 Å². The number of ether oxygens (including phenoxy) is 3. The number of halogens is 6. The number of rotatable bonds is 12. The molecule has 0 spiro atoms. The monoisotopic (exact) mass is 466 g/mol. The van der Waals surface area contributed by atoms with Gasteiger partial charge in [0.1, 0.15) is 0 Å². The largest absolute Gasteiger partial charge is 0.460 e. The molecule has 0 amide bonds. The van der Waals surface area contributed by atoms with Gasteiger partial charge in [-0.05, 0) is 40.5 Å². The number of ketones is 2. The first-order valence-electron chi connectivity index (χ1n) is 9.17. The van der Waals surface area contributed by atoms with E-state index in [1.807, 2.05) is 0 Å². The SMILES string of the molecule is CCC(F)(C(=O)OC(C)C)C(=O)C(F)(F)OC(F)(F)C(=O)C(F)(CC)C(=O)OC(C)C. The van der Waals surface area contributed by atoms with Crippen molar-refractivity contribution >= 4 is 23.5 Å². The van der Waals surface area contributed by atoms with Crippen LogP contribution in [0, 0.1) is 0 Å². The number of carbonyl (C=O) groups is 4. The average molecular weight is 466 g/mol. The summed E-state index contributed by atoms with van der Waals surface area (Å²) in [5.74, 6) is -10.4. The molecule has 0 aliphatic rings. The van der Waals surface area contributed by atoms with E-state index in [4.69, 9.17) is 0 Å². The van der Waals surface area contributed by atoms with Gasteiger partial charge in [-0.1, -0.05) is 13.8 Å². The zero-order valence-electron chi connectivity index (χ0n) is 17.7. The van der Waals surface area contributed by atoms with Crippen molar-refractivity contribution in [3.05, 3.63) is 0 Å². The van der Waals surface area contributed by atoms with Gasteiger partial charge in [0, 0.05) is 0 Å². The highest BCUT2D eigenvalue weighted by atomic mass is 19.3. The van der Waals surface area contributed by atoms with Gasteiger partial charge >= 0.3 is 24.2 Å². The highest BCUT2D eigenvalue weighted by molar-refractivity contribution is 6.11. The van der Waals surface area contributed by atoms with Crippen LogP contribution in [-0.2, 0) is 33.4 Å². The standard InChI is InChI=1S/C18H24F6O7/c1-7-15(19,13(27)29-9(3)4)11(25)17(21,22)31-18(23,24)12(26)16(20,8-2)14(28)30-10(5)6/h9-10H,7-8H2,1-6H3. The summed E-state index contributed by atoms with van der Waals surface area (Å²) >= 11 is 0. The first-order valence-corrected chi connectivity index (χ1v) is 9.17. The smallest absolute Gasteiger partial charge is 0.424 e. The molecule has 0 saturated carbocycles. The van der Waals surface area contributed by atoms with Gasteiger partial charge in [-0.3, -0.25) is 9.59 Å². The predicted octanol–water partition coefficient (Wildman–Crippen LogP) is 3.47. The van der Waals surface area contributed by atoms with E-state index in [1.54, 1.807) is 0 Å². The van der Waals surface area contributed by atoms with Crippen molar-refractivity contribution in [2.24, 2.45) is 0 Å². The molecule has 0 bridgehead atoms. The van der Waals surface area contributed by atoms with E-state index in [0.717, 1.165) is 13.8 Å². The Morgan fingerprint density at radius 1 is 0.645 bits per heavy atom. The van der Waals surface area contributed by atoms with Crippen molar-refractivity contribution in [1.82, 2.24) is 0 Å². The minimum absolute atomic E-state index is 0.768. The topological polar surface area (TPSA) is 96.0 Å². The highest BCUT2D eigenvalue weighted by Crippen LogP contribution is 2.38. The van der Waals surface area contributed by atoms with Gasteiger partial charge in [-0.15, -0.1) is 0 Å². The summed E-state index contributed by atoms with van der Waals surface area (Å²) in [4.78, 5) is 47.1. The van der Waals surface area contributed by atoms with Crippen LogP contribution in [0.15, 0.2) is 0 Å². The summed E-state index contributed by atoms with van der Waals surface area (Å²) in [6.45, 7) is 6.32. The lowest BCUT2D eigenvalue weighted by atomic mass is 9.95. The average Bonchev–Trinajstić information content (AvgIpc) is 2.63.